The van der Waals surface area contributed by atoms with Crippen molar-refractivity contribution in [3.8, 4) is 5.13 Å². The minimum Gasteiger partial charge on any atom is -0.349 e. The van der Waals surface area contributed by atoms with E-state index in [2.05, 4.69) is 25.2 Å². The van der Waals surface area contributed by atoms with Crippen molar-refractivity contribution in [2.45, 2.75) is 50.6 Å². The summed E-state index contributed by atoms with van der Waals surface area (Å²) in [5.41, 5.74) is 0.853. The van der Waals surface area contributed by atoms with Crippen LogP contribution in [0.2, 0.25) is 0 Å². The molecule has 9 nitrogen and oxygen atoms in total. The van der Waals surface area contributed by atoms with E-state index in [0.29, 0.717) is 22.0 Å². The highest BCUT2D eigenvalue weighted by Gasteiger charge is 2.41. The van der Waals surface area contributed by atoms with Gasteiger partial charge in [-0.05, 0) is 44.9 Å². The van der Waals surface area contributed by atoms with Crippen LogP contribution in [-0.2, 0) is 21.4 Å². The Morgan fingerprint density at radius 2 is 2.07 bits per heavy atom. The van der Waals surface area contributed by atoms with Gasteiger partial charge in [-0.1, -0.05) is 11.3 Å². The number of imidazole rings is 1. The lowest BCUT2D eigenvalue weighted by atomic mass is 10.3. The van der Waals surface area contributed by atoms with E-state index >= 15 is 0 Å². The van der Waals surface area contributed by atoms with Gasteiger partial charge in [0.1, 0.15) is 10.8 Å². The Balaban J connectivity index is 1.83. The molecular weight excluding hydrogens is 400 g/mol. The van der Waals surface area contributed by atoms with Gasteiger partial charge in [0.2, 0.25) is 21.1 Å². The third-order valence-corrected chi connectivity index (χ3v) is 7.05. The van der Waals surface area contributed by atoms with Crippen molar-refractivity contribution in [2.75, 3.05) is 0 Å². The van der Waals surface area contributed by atoms with Crippen LogP contribution in [0.25, 0.3) is 16.2 Å². The maximum absolute atomic E-state index is 12.8. The van der Waals surface area contributed by atoms with E-state index in [1.165, 1.54) is 18.3 Å². The summed E-state index contributed by atoms with van der Waals surface area (Å²) >= 11 is 1.37. The molecule has 2 heterocycles. The number of fused-ring (bicyclic) bond motifs is 1. The lowest BCUT2D eigenvalue weighted by Gasteiger charge is -2.12. The zero-order valence-electron chi connectivity index (χ0n) is 15.7. The summed E-state index contributed by atoms with van der Waals surface area (Å²) in [5, 5.41) is 12.3. The molecule has 1 aliphatic rings. The molecular formula is C17H20N6O3S2. The predicted molar refractivity (Wildman–Crippen MR) is 105 cm³/mol. The molecule has 0 bridgehead atoms. The minimum absolute atomic E-state index is 0.168. The van der Waals surface area contributed by atoms with E-state index in [1.807, 2.05) is 13.8 Å². The normalized spacial score (nSPS) is 15.7. The van der Waals surface area contributed by atoms with Crippen molar-refractivity contribution < 1.29 is 13.2 Å². The standard InChI is InChI=1S/C17H20N6O3S2/c1-10(24)18-9-15-19-13-5-4-12(28(25,26)22-17(3)6-7-17)8-14(13)23(15)16-21-20-11(2)27-16/h4-5,8,22H,6-7,9H2,1-3H3,(H,18,24). The van der Waals surface area contributed by atoms with E-state index in [9.17, 15) is 13.2 Å². The van der Waals surface area contributed by atoms with Gasteiger partial charge >= 0.3 is 0 Å². The highest BCUT2D eigenvalue weighted by Crippen LogP contribution is 2.36. The van der Waals surface area contributed by atoms with Crippen molar-refractivity contribution in [1.82, 2.24) is 29.8 Å². The highest BCUT2D eigenvalue weighted by atomic mass is 32.2. The summed E-state index contributed by atoms with van der Waals surface area (Å²) in [4.78, 5) is 16.1. The SMILES string of the molecule is CC(=O)NCc1nc2ccc(S(=O)(=O)NC3(C)CC3)cc2n1-c1nnc(C)s1. The van der Waals surface area contributed by atoms with E-state index in [0.717, 1.165) is 17.8 Å². The van der Waals surface area contributed by atoms with Gasteiger partial charge in [-0.25, -0.2) is 18.1 Å². The molecule has 4 rings (SSSR count). The molecule has 0 unspecified atom stereocenters. The summed E-state index contributed by atoms with van der Waals surface area (Å²) in [6.07, 6.45) is 1.66. The first kappa shape index (κ1) is 19.0. The molecule has 2 N–H and O–H groups in total. The number of aryl methyl sites for hydroxylation is 1. The van der Waals surface area contributed by atoms with Gasteiger partial charge in [0.15, 0.2) is 0 Å². The molecule has 1 saturated carbocycles. The summed E-state index contributed by atoms with van der Waals surface area (Å²) in [6, 6.07) is 4.80. The number of carbonyl (C=O) groups excluding carboxylic acids is 1. The third kappa shape index (κ3) is 3.64. The van der Waals surface area contributed by atoms with Crippen LogP contribution in [0.15, 0.2) is 23.1 Å². The van der Waals surface area contributed by atoms with Gasteiger partial charge in [0, 0.05) is 12.5 Å². The van der Waals surface area contributed by atoms with E-state index in [-0.39, 0.29) is 22.9 Å². The fourth-order valence-corrected chi connectivity index (χ4v) is 5.06. The molecule has 0 atom stereocenters. The molecule has 11 heteroatoms. The summed E-state index contributed by atoms with van der Waals surface area (Å²) in [5.74, 6) is 0.371. The smallest absolute Gasteiger partial charge is 0.241 e. The Kier molecular flexibility index (Phi) is 4.47. The maximum atomic E-state index is 12.8. The number of carbonyl (C=O) groups is 1. The fourth-order valence-electron chi connectivity index (χ4n) is 2.86. The van der Waals surface area contributed by atoms with Crippen LogP contribution in [0.1, 0.15) is 37.5 Å². The fraction of sp³-hybridized carbons (Fsp3) is 0.412. The van der Waals surface area contributed by atoms with E-state index in [4.69, 9.17) is 0 Å². The Morgan fingerprint density at radius 1 is 1.32 bits per heavy atom. The predicted octanol–water partition coefficient (Wildman–Crippen LogP) is 1.65. The molecule has 28 heavy (non-hydrogen) atoms. The van der Waals surface area contributed by atoms with Crippen molar-refractivity contribution in [3.05, 3.63) is 29.0 Å². The van der Waals surface area contributed by atoms with Gasteiger partial charge in [-0.2, -0.15) is 0 Å². The van der Waals surface area contributed by atoms with Crippen LogP contribution < -0.4 is 10.0 Å². The summed E-state index contributed by atoms with van der Waals surface area (Å²) in [7, 11) is -3.65. The second-order valence-electron chi connectivity index (χ2n) is 7.19. The van der Waals surface area contributed by atoms with Crippen molar-refractivity contribution >= 4 is 38.3 Å². The first-order chi connectivity index (χ1) is 13.2. The number of nitrogens with one attached hydrogen (secondary N) is 2. The molecule has 0 aliphatic heterocycles. The van der Waals surface area contributed by atoms with E-state index in [1.54, 1.807) is 22.8 Å². The average Bonchev–Trinajstić information content (AvgIpc) is 3.03. The number of rotatable bonds is 6. The highest BCUT2D eigenvalue weighted by molar-refractivity contribution is 7.89. The lowest BCUT2D eigenvalue weighted by Crippen LogP contribution is -2.34. The van der Waals surface area contributed by atoms with Crippen molar-refractivity contribution in [3.63, 3.8) is 0 Å². The number of amides is 1. The van der Waals surface area contributed by atoms with Crippen LogP contribution in [0.3, 0.4) is 0 Å². The number of hydrogen-bond acceptors (Lipinski definition) is 7. The molecule has 0 radical (unpaired) electrons. The summed E-state index contributed by atoms with van der Waals surface area (Å²) < 4.78 is 30.1. The molecule has 1 aromatic carbocycles. The van der Waals surface area contributed by atoms with Gasteiger partial charge in [0.05, 0.1) is 22.5 Å². The Bertz CT molecular complexity index is 1180. The van der Waals surface area contributed by atoms with Gasteiger partial charge in [0.25, 0.3) is 0 Å². The second-order valence-corrected chi connectivity index (χ2v) is 10.0. The number of aromatic nitrogens is 4. The second kappa shape index (κ2) is 6.61. The molecule has 1 aliphatic carbocycles. The van der Waals surface area contributed by atoms with Gasteiger partial charge in [-0.3, -0.25) is 9.36 Å². The molecule has 1 amide bonds. The number of sulfonamides is 1. The van der Waals surface area contributed by atoms with E-state index < -0.39 is 10.0 Å². The average molecular weight is 421 g/mol. The quantitative estimate of drug-likeness (QED) is 0.626. The maximum Gasteiger partial charge on any atom is 0.241 e. The van der Waals surface area contributed by atoms with Gasteiger partial charge in [-0.15, -0.1) is 10.2 Å². The monoisotopic (exact) mass is 420 g/mol. The van der Waals surface area contributed by atoms with Crippen molar-refractivity contribution in [1.29, 1.82) is 0 Å². The molecule has 3 aromatic rings. The molecule has 148 valence electrons. The Labute approximate surface area is 166 Å². The molecule has 0 spiro atoms. The zero-order chi connectivity index (χ0) is 20.1. The first-order valence-corrected chi connectivity index (χ1v) is 11.1. The Morgan fingerprint density at radius 3 is 2.68 bits per heavy atom. The topological polar surface area (TPSA) is 119 Å². The lowest BCUT2D eigenvalue weighted by molar-refractivity contribution is -0.119. The van der Waals surface area contributed by atoms with Crippen LogP contribution in [0.5, 0.6) is 0 Å². The molecule has 0 saturated heterocycles. The Hall–Kier alpha value is -2.37. The van der Waals surface area contributed by atoms with Crippen LogP contribution in [0, 0.1) is 6.92 Å². The molecule has 1 fully saturated rings. The first-order valence-electron chi connectivity index (χ1n) is 8.77. The zero-order valence-corrected chi connectivity index (χ0v) is 17.3. The largest absolute Gasteiger partial charge is 0.349 e. The molecule has 2 aromatic heterocycles. The number of nitrogens with zero attached hydrogens (tertiary/aromatic N) is 4. The van der Waals surface area contributed by atoms with Crippen molar-refractivity contribution in [2.24, 2.45) is 0 Å². The summed E-state index contributed by atoms with van der Waals surface area (Å²) in [6.45, 7) is 5.35. The van der Waals surface area contributed by atoms with Crippen LogP contribution >= 0.6 is 11.3 Å². The van der Waals surface area contributed by atoms with Gasteiger partial charge < -0.3 is 5.32 Å². The minimum atomic E-state index is -3.65. The number of benzene rings is 1. The van der Waals surface area contributed by atoms with Crippen LogP contribution in [0.4, 0.5) is 0 Å². The van der Waals surface area contributed by atoms with Crippen LogP contribution in [-0.4, -0.2) is 39.6 Å². The third-order valence-electron chi connectivity index (χ3n) is 4.59. The number of hydrogen-bond donors (Lipinski definition) is 2.